The second kappa shape index (κ2) is 5.82. The number of fused-ring (bicyclic) bond motifs is 1. The standard InChI is InChI=1S/C20H22ClNO2/c1-19(2)12-13-6-5-7-16(17(13)24-19)22-18(23)20(3,4)14-8-10-15(21)11-9-14/h5-11H,12H2,1-4H3,(H,22,23). The van der Waals surface area contributed by atoms with Crippen molar-refractivity contribution in [1.82, 2.24) is 0 Å². The van der Waals surface area contributed by atoms with Crippen LogP contribution in [0.3, 0.4) is 0 Å². The van der Waals surface area contributed by atoms with Crippen LogP contribution in [0.25, 0.3) is 0 Å². The van der Waals surface area contributed by atoms with E-state index in [-0.39, 0.29) is 11.5 Å². The zero-order valence-electron chi connectivity index (χ0n) is 14.4. The summed E-state index contributed by atoms with van der Waals surface area (Å²) in [5, 5.41) is 3.70. The van der Waals surface area contributed by atoms with Crippen LogP contribution in [-0.4, -0.2) is 11.5 Å². The predicted octanol–water partition coefficient (Wildman–Crippen LogP) is 4.97. The zero-order chi connectivity index (χ0) is 17.5. The Labute approximate surface area is 148 Å². The van der Waals surface area contributed by atoms with Crippen molar-refractivity contribution in [2.75, 3.05) is 5.32 Å². The molecule has 4 heteroatoms. The number of rotatable bonds is 3. The monoisotopic (exact) mass is 343 g/mol. The Hall–Kier alpha value is -2.00. The molecule has 3 nitrogen and oxygen atoms in total. The normalized spacial score (nSPS) is 15.5. The number of benzene rings is 2. The molecule has 126 valence electrons. The van der Waals surface area contributed by atoms with E-state index in [4.69, 9.17) is 16.3 Å². The van der Waals surface area contributed by atoms with Gasteiger partial charge in [-0.1, -0.05) is 35.9 Å². The van der Waals surface area contributed by atoms with Crippen molar-refractivity contribution in [1.29, 1.82) is 0 Å². The number of hydrogen-bond donors (Lipinski definition) is 1. The summed E-state index contributed by atoms with van der Waals surface area (Å²) in [7, 11) is 0. The molecule has 1 N–H and O–H groups in total. The van der Waals surface area contributed by atoms with Crippen molar-refractivity contribution >= 4 is 23.2 Å². The zero-order valence-corrected chi connectivity index (χ0v) is 15.2. The average Bonchev–Trinajstić information content (AvgIpc) is 2.82. The molecule has 0 aromatic heterocycles. The molecule has 2 aromatic rings. The lowest BCUT2D eigenvalue weighted by Gasteiger charge is -2.25. The highest BCUT2D eigenvalue weighted by molar-refractivity contribution is 6.30. The van der Waals surface area contributed by atoms with Crippen LogP contribution >= 0.6 is 11.6 Å². The van der Waals surface area contributed by atoms with E-state index in [1.807, 2.05) is 44.2 Å². The number of carbonyl (C=O) groups is 1. The van der Waals surface area contributed by atoms with Gasteiger partial charge in [0, 0.05) is 17.0 Å². The maximum atomic E-state index is 12.9. The Bertz CT molecular complexity index is 779. The molecule has 3 rings (SSSR count). The van der Waals surface area contributed by atoms with Gasteiger partial charge in [-0.05, 0) is 51.5 Å². The third-order valence-electron chi connectivity index (χ3n) is 4.47. The lowest BCUT2D eigenvalue weighted by molar-refractivity contribution is -0.120. The molecule has 0 unspecified atom stereocenters. The first kappa shape index (κ1) is 16.8. The molecular formula is C20H22ClNO2. The van der Waals surface area contributed by atoms with Gasteiger partial charge in [0.25, 0.3) is 0 Å². The highest BCUT2D eigenvalue weighted by atomic mass is 35.5. The molecule has 0 saturated heterocycles. The fraction of sp³-hybridized carbons (Fsp3) is 0.350. The van der Waals surface area contributed by atoms with Gasteiger partial charge < -0.3 is 10.1 Å². The van der Waals surface area contributed by atoms with Crippen molar-refractivity contribution in [2.24, 2.45) is 0 Å². The van der Waals surface area contributed by atoms with Crippen LogP contribution in [0, 0.1) is 0 Å². The lowest BCUT2D eigenvalue weighted by atomic mass is 9.83. The van der Waals surface area contributed by atoms with Crippen LogP contribution in [0.2, 0.25) is 5.02 Å². The van der Waals surface area contributed by atoms with Crippen LogP contribution in [0.4, 0.5) is 5.69 Å². The van der Waals surface area contributed by atoms with Gasteiger partial charge >= 0.3 is 0 Å². The molecule has 2 aromatic carbocycles. The van der Waals surface area contributed by atoms with E-state index < -0.39 is 5.41 Å². The maximum Gasteiger partial charge on any atom is 0.234 e. The van der Waals surface area contributed by atoms with Gasteiger partial charge in [0.2, 0.25) is 5.91 Å². The highest BCUT2D eigenvalue weighted by Crippen LogP contribution is 2.41. The Balaban J connectivity index is 1.86. The lowest BCUT2D eigenvalue weighted by Crippen LogP contribution is -2.35. The van der Waals surface area contributed by atoms with Crippen LogP contribution < -0.4 is 10.1 Å². The summed E-state index contributed by atoms with van der Waals surface area (Å²) in [6, 6.07) is 13.3. The molecule has 0 aliphatic carbocycles. The van der Waals surface area contributed by atoms with E-state index in [0.717, 1.165) is 29.0 Å². The summed E-state index contributed by atoms with van der Waals surface area (Å²) in [6.07, 6.45) is 0.840. The Morgan fingerprint density at radius 3 is 2.50 bits per heavy atom. The number of anilines is 1. The minimum absolute atomic E-state index is 0.0773. The fourth-order valence-corrected chi connectivity index (χ4v) is 3.12. The molecule has 1 heterocycles. The van der Waals surface area contributed by atoms with Gasteiger partial charge in [-0.25, -0.2) is 0 Å². The molecule has 0 radical (unpaired) electrons. The van der Waals surface area contributed by atoms with Gasteiger partial charge in [0.15, 0.2) is 0 Å². The van der Waals surface area contributed by atoms with Crippen LogP contribution in [0.1, 0.15) is 38.8 Å². The number of halogens is 1. The van der Waals surface area contributed by atoms with Gasteiger partial charge in [-0.2, -0.15) is 0 Å². The minimum atomic E-state index is -0.679. The number of hydrogen-bond acceptors (Lipinski definition) is 2. The first-order valence-corrected chi connectivity index (χ1v) is 8.45. The number of amides is 1. The molecule has 1 aliphatic heterocycles. The van der Waals surface area contributed by atoms with Crippen molar-refractivity contribution in [3.8, 4) is 5.75 Å². The molecule has 0 bridgehead atoms. The second-order valence-corrected chi connectivity index (χ2v) is 7.85. The van der Waals surface area contributed by atoms with E-state index in [0.29, 0.717) is 5.02 Å². The molecule has 1 amide bonds. The van der Waals surface area contributed by atoms with Gasteiger partial charge in [0.05, 0.1) is 11.1 Å². The van der Waals surface area contributed by atoms with Crippen LogP contribution in [0.5, 0.6) is 5.75 Å². The van der Waals surface area contributed by atoms with E-state index in [1.165, 1.54) is 0 Å². The maximum absolute atomic E-state index is 12.9. The van der Waals surface area contributed by atoms with Gasteiger partial charge in [-0.3, -0.25) is 4.79 Å². The molecule has 0 spiro atoms. The first-order valence-electron chi connectivity index (χ1n) is 8.07. The van der Waals surface area contributed by atoms with E-state index in [9.17, 15) is 4.79 Å². The second-order valence-electron chi connectivity index (χ2n) is 7.42. The largest absolute Gasteiger partial charge is 0.485 e. The summed E-state index contributed by atoms with van der Waals surface area (Å²) in [6.45, 7) is 7.91. The topological polar surface area (TPSA) is 38.3 Å². The predicted molar refractivity (Wildman–Crippen MR) is 98.0 cm³/mol. The summed E-state index contributed by atoms with van der Waals surface area (Å²) in [5.74, 6) is 0.703. The van der Waals surface area contributed by atoms with Gasteiger partial charge in [0.1, 0.15) is 11.4 Å². The van der Waals surface area contributed by atoms with Gasteiger partial charge in [-0.15, -0.1) is 0 Å². The molecule has 0 fully saturated rings. The average molecular weight is 344 g/mol. The molecule has 24 heavy (non-hydrogen) atoms. The highest BCUT2D eigenvalue weighted by Gasteiger charge is 2.34. The summed E-state index contributed by atoms with van der Waals surface area (Å²) < 4.78 is 6.03. The van der Waals surface area contributed by atoms with Crippen LogP contribution in [0.15, 0.2) is 42.5 Å². The van der Waals surface area contributed by atoms with Crippen molar-refractivity contribution in [2.45, 2.75) is 45.1 Å². The molecule has 0 saturated carbocycles. The minimum Gasteiger partial charge on any atom is -0.485 e. The van der Waals surface area contributed by atoms with E-state index >= 15 is 0 Å². The van der Waals surface area contributed by atoms with E-state index in [1.54, 1.807) is 12.1 Å². The Morgan fingerprint density at radius 2 is 1.83 bits per heavy atom. The number of ether oxygens (including phenoxy) is 1. The quantitative estimate of drug-likeness (QED) is 0.854. The van der Waals surface area contributed by atoms with Crippen molar-refractivity contribution in [3.63, 3.8) is 0 Å². The van der Waals surface area contributed by atoms with Crippen molar-refractivity contribution < 1.29 is 9.53 Å². The smallest absolute Gasteiger partial charge is 0.234 e. The number of para-hydroxylation sites is 1. The van der Waals surface area contributed by atoms with Crippen molar-refractivity contribution in [3.05, 3.63) is 58.6 Å². The summed E-state index contributed by atoms with van der Waals surface area (Å²) >= 11 is 5.94. The number of nitrogens with one attached hydrogen (secondary N) is 1. The summed E-state index contributed by atoms with van der Waals surface area (Å²) in [4.78, 5) is 12.9. The molecule has 1 aliphatic rings. The molecule has 0 atom stereocenters. The third-order valence-corrected chi connectivity index (χ3v) is 4.72. The Morgan fingerprint density at radius 1 is 1.17 bits per heavy atom. The third kappa shape index (κ3) is 3.13. The summed E-state index contributed by atoms with van der Waals surface area (Å²) in [5.41, 5.74) is 1.85. The van der Waals surface area contributed by atoms with Crippen LogP contribution in [-0.2, 0) is 16.6 Å². The Kier molecular flexibility index (Phi) is 4.08. The SMILES string of the molecule is CC1(C)Cc2cccc(NC(=O)C(C)(C)c3ccc(Cl)cc3)c2O1. The van der Waals surface area contributed by atoms with E-state index in [2.05, 4.69) is 19.2 Å². The fourth-order valence-electron chi connectivity index (χ4n) is 2.99. The molecular weight excluding hydrogens is 322 g/mol. The number of carbonyl (C=O) groups excluding carboxylic acids is 1. The first-order chi connectivity index (χ1) is 11.2.